The molecule has 0 saturated carbocycles. The minimum absolute atomic E-state index is 0.290. The minimum Gasteiger partial charge on any atom is -0.333 e. The van der Waals surface area contributed by atoms with E-state index in [0.717, 1.165) is 18.0 Å². The highest BCUT2D eigenvalue weighted by Gasteiger charge is 2.40. The summed E-state index contributed by atoms with van der Waals surface area (Å²) in [6.45, 7) is 3.25. The van der Waals surface area contributed by atoms with Gasteiger partial charge in [0.2, 0.25) is 0 Å². The van der Waals surface area contributed by atoms with Crippen LogP contribution >= 0.6 is 11.6 Å². The summed E-state index contributed by atoms with van der Waals surface area (Å²) in [6.07, 6.45) is 14.2. The second kappa shape index (κ2) is 5.27. The SMILES string of the molecule is CCC12CCCc3ccc(Cl)c(c31)C=C(Cn1ccnc1)C2. The molecule has 22 heavy (non-hydrogen) atoms. The van der Waals surface area contributed by atoms with Crippen LogP contribution in [0.15, 0.2) is 36.4 Å². The van der Waals surface area contributed by atoms with Gasteiger partial charge in [-0.05, 0) is 65.8 Å². The average molecular weight is 313 g/mol. The molecule has 3 heteroatoms. The maximum Gasteiger partial charge on any atom is 0.0948 e. The molecular weight excluding hydrogens is 292 g/mol. The number of benzene rings is 1. The molecule has 0 aliphatic heterocycles. The molecule has 0 bridgehead atoms. The van der Waals surface area contributed by atoms with E-state index in [1.807, 2.05) is 18.7 Å². The maximum atomic E-state index is 6.56. The summed E-state index contributed by atoms with van der Waals surface area (Å²) in [5.41, 5.74) is 6.10. The van der Waals surface area contributed by atoms with Crippen molar-refractivity contribution in [3.63, 3.8) is 0 Å². The zero-order valence-corrected chi connectivity index (χ0v) is 13.7. The molecule has 2 nitrogen and oxygen atoms in total. The minimum atomic E-state index is 0.290. The van der Waals surface area contributed by atoms with Gasteiger partial charge in [-0.15, -0.1) is 0 Å². The van der Waals surface area contributed by atoms with E-state index in [0.29, 0.717) is 5.41 Å². The average Bonchev–Trinajstić information content (AvgIpc) is 3.03. The van der Waals surface area contributed by atoms with Gasteiger partial charge in [0.25, 0.3) is 0 Å². The van der Waals surface area contributed by atoms with Gasteiger partial charge in [0, 0.05) is 24.0 Å². The first-order valence-electron chi connectivity index (χ1n) is 8.19. The van der Waals surface area contributed by atoms with Crippen LogP contribution in [0.2, 0.25) is 5.02 Å². The van der Waals surface area contributed by atoms with Gasteiger partial charge in [0.15, 0.2) is 0 Å². The standard InChI is InChI=1S/C19H21ClN2/c1-2-19-7-3-4-15-5-6-17(20)16(18(15)19)10-14(11-19)12-22-9-8-21-13-22/h5-6,8-10,13H,2-4,7,11-12H2,1H3. The molecule has 4 rings (SSSR count). The molecule has 1 unspecified atom stereocenters. The van der Waals surface area contributed by atoms with E-state index in [1.165, 1.54) is 42.4 Å². The van der Waals surface area contributed by atoms with Crippen molar-refractivity contribution in [3.05, 3.63) is 58.1 Å². The van der Waals surface area contributed by atoms with E-state index in [2.05, 4.69) is 34.7 Å². The van der Waals surface area contributed by atoms with E-state index >= 15 is 0 Å². The fraction of sp³-hybridized carbons (Fsp3) is 0.421. The fourth-order valence-corrected chi connectivity index (χ4v) is 4.63. The maximum absolute atomic E-state index is 6.56. The van der Waals surface area contributed by atoms with E-state index < -0.39 is 0 Å². The third-order valence-corrected chi connectivity index (χ3v) is 5.78. The summed E-state index contributed by atoms with van der Waals surface area (Å²) in [5, 5.41) is 0.904. The van der Waals surface area contributed by atoms with Crippen LogP contribution in [0.25, 0.3) is 6.08 Å². The summed E-state index contributed by atoms with van der Waals surface area (Å²) in [7, 11) is 0. The predicted octanol–water partition coefficient (Wildman–Crippen LogP) is 5.01. The van der Waals surface area contributed by atoms with Gasteiger partial charge in [-0.25, -0.2) is 4.98 Å². The lowest BCUT2D eigenvalue weighted by Crippen LogP contribution is -2.34. The van der Waals surface area contributed by atoms with Gasteiger partial charge in [0.05, 0.1) is 6.33 Å². The Hall–Kier alpha value is -1.54. The summed E-state index contributed by atoms with van der Waals surface area (Å²) in [5.74, 6) is 0. The van der Waals surface area contributed by atoms with Crippen LogP contribution in [0.1, 0.15) is 49.3 Å². The quantitative estimate of drug-likeness (QED) is 0.779. The monoisotopic (exact) mass is 312 g/mol. The molecule has 0 saturated heterocycles. The molecule has 0 N–H and O–H groups in total. The Morgan fingerprint density at radius 1 is 1.36 bits per heavy atom. The van der Waals surface area contributed by atoms with Crippen molar-refractivity contribution in [2.45, 2.75) is 51.0 Å². The Balaban J connectivity index is 1.85. The largest absolute Gasteiger partial charge is 0.333 e. The number of allylic oxidation sites excluding steroid dienone is 1. The number of hydrogen-bond donors (Lipinski definition) is 0. The molecular formula is C19H21ClN2. The Labute approximate surface area is 136 Å². The van der Waals surface area contributed by atoms with Crippen molar-refractivity contribution in [3.8, 4) is 0 Å². The number of imidazole rings is 1. The molecule has 1 heterocycles. The van der Waals surface area contributed by atoms with Crippen molar-refractivity contribution < 1.29 is 0 Å². The summed E-state index contributed by atoms with van der Waals surface area (Å²) in [4.78, 5) is 4.16. The highest BCUT2D eigenvalue weighted by molar-refractivity contribution is 6.32. The zero-order chi connectivity index (χ0) is 15.2. The number of hydrogen-bond acceptors (Lipinski definition) is 1. The first kappa shape index (κ1) is 14.1. The Bertz CT molecular complexity index is 730. The van der Waals surface area contributed by atoms with Gasteiger partial charge in [0.1, 0.15) is 0 Å². The van der Waals surface area contributed by atoms with Crippen molar-refractivity contribution in [2.24, 2.45) is 0 Å². The smallest absolute Gasteiger partial charge is 0.0948 e. The number of nitrogens with zero attached hydrogens (tertiary/aromatic N) is 2. The van der Waals surface area contributed by atoms with E-state index in [-0.39, 0.29) is 0 Å². The van der Waals surface area contributed by atoms with Crippen LogP contribution in [-0.4, -0.2) is 9.55 Å². The van der Waals surface area contributed by atoms with E-state index in [1.54, 1.807) is 5.56 Å². The first-order valence-corrected chi connectivity index (χ1v) is 8.57. The molecule has 2 aliphatic rings. The molecule has 1 aromatic carbocycles. The lowest BCUT2D eigenvalue weighted by atomic mass is 9.61. The lowest BCUT2D eigenvalue weighted by molar-refractivity contribution is 0.335. The van der Waals surface area contributed by atoms with Gasteiger partial charge in [-0.3, -0.25) is 0 Å². The summed E-state index contributed by atoms with van der Waals surface area (Å²) in [6, 6.07) is 4.33. The lowest BCUT2D eigenvalue weighted by Gasteiger charge is -2.43. The van der Waals surface area contributed by atoms with Gasteiger partial charge in [-0.2, -0.15) is 0 Å². The van der Waals surface area contributed by atoms with Crippen LogP contribution < -0.4 is 0 Å². The topological polar surface area (TPSA) is 17.8 Å². The summed E-state index contributed by atoms with van der Waals surface area (Å²) >= 11 is 6.56. The molecule has 0 fully saturated rings. The number of aromatic nitrogens is 2. The van der Waals surface area contributed by atoms with Gasteiger partial charge < -0.3 is 4.57 Å². The third-order valence-electron chi connectivity index (χ3n) is 5.45. The van der Waals surface area contributed by atoms with Gasteiger partial charge >= 0.3 is 0 Å². The number of aryl methyl sites for hydroxylation is 1. The highest BCUT2D eigenvalue weighted by Crippen LogP contribution is 2.50. The summed E-state index contributed by atoms with van der Waals surface area (Å²) < 4.78 is 2.15. The van der Waals surface area contributed by atoms with Crippen molar-refractivity contribution >= 4 is 17.7 Å². The number of halogens is 1. The Kier molecular flexibility index (Phi) is 3.37. The van der Waals surface area contributed by atoms with Crippen molar-refractivity contribution in [1.82, 2.24) is 9.55 Å². The first-order chi connectivity index (χ1) is 10.7. The molecule has 0 amide bonds. The molecule has 2 aliphatic carbocycles. The fourth-order valence-electron chi connectivity index (χ4n) is 4.42. The normalized spacial score (nSPS) is 23.1. The second-order valence-corrected chi connectivity index (χ2v) is 7.10. The molecule has 0 spiro atoms. The van der Waals surface area contributed by atoms with Crippen LogP contribution in [0.5, 0.6) is 0 Å². The Morgan fingerprint density at radius 3 is 3.05 bits per heavy atom. The van der Waals surface area contributed by atoms with Crippen LogP contribution in [0.4, 0.5) is 0 Å². The van der Waals surface area contributed by atoms with Crippen molar-refractivity contribution in [1.29, 1.82) is 0 Å². The Morgan fingerprint density at radius 2 is 2.27 bits per heavy atom. The van der Waals surface area contributed by atoms with Crippen LogP contribution in [0, 0.1) is 0 Å². The second-order valence-electron chi connectivity index (χ2n) is 6.70. The van der Waals surface area contributed by atoms with E-state index in [4.69, 9.17) is 11.6 Å². The van der Waals surface area contributed by atoms with E-state index in [9.17, 15) is 0 Å². The van der Waals surface area contributed by atoms with Crippen LogP contribution in [0.3, 0.4) is 0 Å². The van der Waals surface area contributed by atoms with Crippen molar-refractivity contribution in [2.75, 3.05) is 0 Å². The molecule has 2 aromatic rings. The van der Waals surface area contributed by atoms with Crippen LogP contribution in [-0.2, 0) is 18.4 Å². The zero-order valence-electron chi connectivity index (χ0n) is 13.0. The molecule has 1 atom stereocenters. The molecule has 1 aromatic heterocycles. The molecule has 114 valence electrons. The van der Waals surface area contributed by atoms with Gasteiger partial charge in [-0.1, -0.05) is 30.7 Å². The third kappa shape index (κ3) is 2.13. The highest BCUT2D eigenvalue weighted by atomic mass is 35.5. The number of rotatable bonds is 3. The predicted molar refractivity (Wildman–Crippen MR) is 91.2 cm³/mol. The molecule has 0 radical (unpaired) electrons.